The highest BCUT2D eigenvalue weighted by molar-refractivity contribution is 6.30. The molecule has 2 rings (SSSR count). The van der Waals surface area contributed by atoms with Crippen molar-refractivity contribution < 1.29 is 9.59 Å². The zero-order valence-electron chi connectivity index (χ0n) is 15.7. The van der Waals surface area contributed by atoms with Crippen molar-refractivity contribution >= 4 is 29.1 Å². The van der Waals surface area contributed by atoms with Crippen LogP contribution in [0.15, 0.2) is 18.2 Å². The molecule has 1 fully saturated rings. The van der Waals surface area contributed by atoms with Crippen LogP contribution in [0.3, 0.4) is 0 Å². The number of amides is 2. The van der Waals surface area contributed by atoms with Gasteiger partial charge in [-0.3, -0.25) is 9.59 Å². The number of nitrogens with zero attached hydrogens (tertiary/aromatic N) is 1. The maximum Gasteiger partial charge on any atom is 0.239 e. The van der Waals surface area contributed by atoms with Crippen molar-refractivity contribution in [3.63, 3.8) is 0 Å². The van der Waals surface area contributed by atoms with Crippen LogP contribution in [0.25, 0.3) is 0 Å². The largest absolute Gasteiger partial charge is 0.371 e. The van der Waals surface area contributed by atoms with Gasteiger partial charge in [-0.2, -0.15) is 0 Å². The fourth-order valence-corrected chi connectivity index (χ4v) is 3.22. The lowest BCUT2D eigenvalue weighted by Gasteiger charge is -2.21. The van der Waals surface area contributed by atoms with Gasteiger partial charge in [-0.1, -0.05) is 31.5 Å². The van der Waals surface area contributed by atoms with E-state index in [9.17, 15) is 9.59 Å². The molecular weight excluding hydrogens is 352 g/mol. The van der Waals surface area contributed by atoms with Gasteiger partial charge in [0.15, 0.2) is 0 Å². The van der Waals surface area contributed by atoms with Crippen LogP contribution < -0.4 is 21.3 Å². The van der Waals surface area contributed by atoms with Crippen molar-refractivity contribution in [3.05, 3.63) is 28.8 Å². The fourth-order valence-electron chi connectivity index (χ4n) is 3.05. The summed E-state index contributed by atoms with van der Waals surface area (Å²) in [5.74, 6) is -0.0613. The van der Waals surface area contributed by atoms with Crippen LogP contribution in [0.2, 0.25) is 5.02 Å². The van der Waals surface area contributed by atoms with Crippen LogP contribution in [0.5, 0.6) is 0 Å². The lowest BCUT2D eigenvalue weighted by Crippen LogP contribution is -2.47. The van der Waals surface area contributed by atoms with Crippen LogP contribution in [0.1, 0.15) is 25.8 Å². The highest BCUT2D eigenvalue weighted by Crippen LogP contribution is 2.29. The van der Waals surface area contributed by atoms with Crippen molar-refractivity contribution in [1.29, 1.82) is 0 Å². The van der Waals surface area contributed by atoms with E-state index in [1.807, 2.05) is 32.0 Å². The number of benzene rings is 1. The maximum absolute atomic E-state index is 11.9. The van der Waals surface area contributed by atoms with Crippen molar-refractivity contribution in [1.82, 2.24) is 10.6 Å². The van der Waals surface area contributed by atoms with Gasteiger partial charge in [0.1, 0.15) is 0 Å². The minimum Gasteiger partial charge on any atom is -0.371 e. The highest BCUT2D eigenvalue weighted by atomic mass is 35.5. The van der Waals surface area contributed by atoms with Gasteiger partial charge in [0.05, 0.1) is 12.6 Å². The van der Waals surface area contributed by atoms with Gasteiger partial charge in [-0.05, 0) is 42.9 Å². The second-order valence-electron chi connectivity index (χ2n) is 7.32. The Kier molecular flexibility index (Phi) is 7.29. The van der Waals surface area contributed by atoms with E-state index in [-0.39, 0.29) is 24.3 Å². The standard InChI is InChI=1S/C19H29ClN4O2/c1-12(2)18(21)19(26)23-10-17(25)22-9-14-6-7-24(11-14)16-8-15(20)5-4-13(16)3/h4-5,8,12,14,18H,6-7,9-11,21H2,1-3H3,(H,22,25)(H,23,26)/t14?,18-/m0/s1. The molecule has 1 unspecified atom stereocenters. The molecule has 1 aromatic carbocycles. The minimum absolute atomic E-state index is 0.0386. The average molecular weight is 381 g/mol. The summed E-state index contributed by atoms with van der Waals surface area (Å²) in [4.78, 5) is 26.0. The van der Waals surface area contributed by atoms with Gasteiger partial charge >= 0.3 is 0 Å². The van der Waals surface area contributed by atoms with Crippen LogP contribution in [0, 0.1) is 18.8 Å². The third kappa shape index (κ3) is 5.61. The molecule has 144 valence electrons. The molecule has 0 saturated carbocycles. The average Bonchev–Trinajstić information content (AvgIpc) is 3.07. The second kappa shape index (κ2) is 9.24. The fraction of sp³-hybridized carbons (Fsp3) is 0.579. The molecular formula is C19H29ClN4O2. The normalized spacial score (nSPS) is 18.1. The molecule has 0 radical (unpaired) electrons. The Hall–Kier alpha value is -1.79. The van der Waals surface area contributed by atoms with Gasteiger partial charge in [-0.15, -0.1) is 0 Å². The number of carbonyl (C=O) groups is 2. The summed E-state index contributed by atoms with van der Waals surface area (Å²) in [6.07, 6.45) is 1.01. The molecule has 2 atom stereocenters. The van der Waals surface area contributed by atoms with E-state index in [1.54, 1.807) is 0 Å². The van der Waals surface area contributed by atoms with Gasteiger partial charge in [0.2, 0.25) is 11.8 Å². The topological polar surface area (TPSA) is 87.5 Å². The first-order valence-electron chi connectivity index (χ1n) is 9.09. The van der Waals surface area contributed by atoms with Crippen molar-refractivity contribution in [3.8, 4) is 0 Å². The number of nitrogens with two attached hydrogens (primary N) is 1. The zero-order chi connectivity index (χ0) is 19.3. The van der Waals surface area contributed by atoms with Crippen LogP contribution in [0.4, 0.5) is 5.69 Å². The van der Waals surface area contributed by atoms with E-state index in [2.05, 4.69) is 22.5 Å². The van der Waals surface area contributed by atoms with Gasteiger partial charge in [0.25, 0.3) is 0 Å². The smallest absolute Gasteiger partial charge is 0.239 e. The molecule has 1 saturated heterocycles. The number of aryl methyl sites for hydroxylation is 1. The molecule has 1 aliphatic heterocycles. The van der Waals surface area contributed by atoms with Crippen molar-refractivity contribution in [2.75, 3.05) is 31.1 Å². The summed E-state index contributed by atoms with van der Waals surface area (Å²) < 4.78 is 0. The highest BCUT2D eigenvalue weighted by Gasteiger charge is 2.24. The Bertz CT molecular complexity index is 650. The summed E-state index contributed by atoms with van der Waals surface area (Å²) in [5.41, 5.74) is 8.11. The van der Waals surface area contributed by atoms with E-state index in [1.165, 1.54) is 5.56 Å². The number of nitrogens with one attached hydrogen (secondary N) is 2. The molecule has 0 aliphatic carbocycles. The van der Waals surface area contributed by atoms with Crippen molar-refractivity contribution in [2.45, 2.75) is 33.2 Å². The van der Waals surface area contributed by atoms with Crippen LogP contribution in [-0.2, 0) is 9.59 Å². The van der Waals surface area contributed by atoms with E-state index >= 15 is 0 Å². The summed E-state index contributed by atoms with van der Waals surface area (Å²) in [5, 5.41) is 6.22. The summed E-state index contributed by atoms with van der Waals surface area (Å²) in [7, 11) is 0. The first kappa shape index (κ1) is 20.5. The molecule has 0 bridgehead atoms. The Morgan fingerprint density at radius 2 is 2.08 bits per heavy atom. The van der Waals surface area contributed by atoms with E-state index in [0.717, 1.165) is 30.2 Å². The molecule has 7 heteroatoms. The number of carbonyl (C=O) groups excluding carboxylic acids is 2. The van der Waals surface area contributed by atoms with Crippen LogP contribution >= 0.6 is 11.6 Å². The molecule has 1 heterocycles. The molecule has 1 aromatic rings. The SMILES string of the molecule is Cc1ccc(Cl)cc1N1CCC(CNC(=O)CNC(=O)[C@@H](N)C(C)C)C1. The predicted octanol–water partition coefficient (Wildman–Crippen LogP) is 1.69. The first-order chi connectivity index (χ1) is 12.3. The Morgan fingerprint density at radius 3 is 2.77 bits per heavy atom. The van der Waals surface area contributed by atoms with Crippen LogP contribution in [-0.4, -0.2) is 44.0 Å². The molecule has 0 spiro atoms. The Balaban J connectivity index is 1.74. The van der Waals surface area contributed by atoms with Crippen molar-refractivity contribution in [2.24, 2.45) is 17.6 Å². The van der Waals surface area contributed by atoms with E-state index < -0.39 is 6.04 Å². The lowest BCUT2D eigenvalue weighted by molar-refractivity contribution is -0.127. The number of hydrogen-bond acceptors (Lipinski definition) is 4. The maximum atomic E-state index is 11.9. The van der Waals surface area contributed by atoms with E-state index in [4.69, 9.17) is 17.3 Å². The molecule has 4 N–H and O–H groups in total. The summed E-state index contributed by atoms with van der Waals surface area (Å²) in [6, 6.07) is 5.32. The minimum atomic E-state index is -0.591. The molecule has 26 heavy (non-hydrogen) atoms. The second-order valence-corrected chi connectivity index (χ2v) is 7.76. The predicted molar refractivity (Wildman–Crippen MR) is 105 cm³/mol. The van der Waals surface area contributed by atoms with Gasteiger partial charge < -0.3 is 21.3 Å². The lowest BCUT2D eigenvalue weighted by atomic mass is 10.1. The molecule has 2 amide bonds. The summed E-state index contributed by atoms with van der Waals surface area (Å²) in [6.45, 7) is 8.21. The molecule has 1 aliphatic rings. The number of rotatable bonds is 7. The van der Waals surface area contributed by atoms with E-state index in [0.29, 0.717) is 12.5 Å². The first-order valence-corrected chi connectivity index (χ1v) is 9.46. The summed E-state index contributed by atoms with van der Waals surface area (Å²) >= 11 is 6.11. The quantitative estimate of drug-likeness (QED) is 0.671. The Labute approximate surface area is 160 Å². The molecule has 6 nitrogen and oxygen atoms in total. The molecule has 0 aromatic heterocycles. The third-order valence-electron chi connectivity index (χ3n) is 4.83. The van der Waals surface area contributed by atoms with Gasteiger partial charge in [-0.25, -0.2) is 0 Å². The number of hydrogen-bond donors (Lipinski definition) is 3. The third-order valence-corrected chi connectivity index (χ3v) is 5.06. The Morgan fingerprint density at radius 1 is 1.35 bits per heavy atom. The number of halogens is 1. The number of anilines is 1. The van der Waals surface area contributed by atoms with Gasteiger partial charge in [0, 0.05) is 30.3 Å². The zero-order valence-corrected chi connectivity index (χ0v) is 16.5. The monoisotopic (exact) mass is 380 g/mol.